The number of benzene rings is 3. The first-order valence-electron chi connectivity index (χ1n) is 15.5. The Labute approximate surface area is 271 Å². The molecule has 0 aliphatic rings. The Balaban J connectivity index is 1.35. The van der Waals surface area contributed by atoms with Gasteiger partial charge < -0.3 is 26.7 Å². The number of ketones is 1. The number of aromatic nitrogens is 2. The van der Waals surface area contributed by atoms with Gasteiger partial charge in [-0.3, -0.25) is 19.8 Å². The quantitative estimate of drug-likeness (QED) is 0.0421. The van der Waals surface area contributed by atoms with Crippen LogP contribution in [0.5, 0.6) is 0 Å². The Bertz CT molecular complexity index is 1780. The molecule has 7 N–H and O–H groups in total. The van der Waals surface area contributed by atoms with Crippen molar-refractivity contribution < 1.29 is 14.4 Å². The number of H-pyrrole nitrogens is 1. The van der Waals surface area contributed by atoms with Crippen molar-refractivity contribution in [3.63, 3.8) is 0 Å². The summed E-state index contributed by atoms with van der Waals surface area (Å²) < 4.78 is 0.879. The fraction of sp³-hybridized carbons (Fsp3) is 0.286. The molecule has 0 aliphatic heterocycles. The van der Waals surface area contributed by atoms with Crippen LogP contribution in [-0.4, -0.2) is 52.2 Å². The van der Waals surface area contributed by atoms with Gasteiger partial charge in [0.05, 0.1) is 16.3 Å². The number of nitrogens with zero attached hydrogens (tertiary/aromatic N) is 1. The second kappa shape index (κ2) is 15.3. The zero-order chi connectivity index (χ0) is 32.5. The van der Waals surface area contributed by atoms with Crippen LogP contribution in [0, 0.1) is 11.3 Å². The predicted molar refractivity (Wildman–Crippen MR) is 183 cm³/mol. The summed E-state index contributed by atoms with van der Waals surface area (Å²) in [5.74, 6) is -1.49. The number of Topliss-reactive ketones (excluding diaryl/α,β-unsaturated/α-hetero) is 1. The zero-order valence-corrected chi connectivity index (χ0v) is 26.5. The number of amides is 2. The van der Waals surface area contributed by atoms with Crippen LogP contribution >= 0.6 is 11.3 Å². The highest BCUT2D eigenvalue weighted by atomic mass is 32.1. The Morgan fingerprint density at radius 2 is 1.63 bits per heavy atom. The Kier molecular flexibility index (Phi) is 10.8. The van der Waals surface area contributed by atoms with E-state index >= 15 is 0 Å². The molecule has 2 aromatic heterocycles. The topological polar surface area (TPSA) is 166 Å². The first-order valence-corrected chi connectivity index (χ1v) is 16.3. The van der Waals surface area contributed by atoms with E-state index in [-0.39, 0.29) is 30.0 Å². The minimum Gasteiger partial charge on any atom is -0.370 e. The average molecular weight is 638 g/mol. The van der Waals surface area contributed by atoms with E-state index in [1.54, 1.807) is 0 Å². The third-order valence-corrected chi connectivity index (χ3v) is 9.09. The molecule has 0 spiro atoms. The minimum atomic E-state index is -0.909. The number of carbonyl (C=O) groups is 3. The van der Waals surface area contributed by atoms with Crippen LogP contribution in [0.2, 0.25) is 0 Å². The molecule has 3 aromatic carbocycles. The molecule has 238 valence electrons. The van der Waals surface area contributed by atoms with Gasteiger partial charge in [-0.25, -0.2) is 4.98 Å². The summed E-state index contributed by atoms with van der Waals surface area (Å²) in [6, 6.07) is 23.2. The van der Waals surface area contributed by atoms with Gasteiger partial charge in [0, 0.05) is 36.0 Å². The van der Waals surface area contributed by atoms with E-state index in [0.717, 1.165) is 26.7 Å². The standard InChI is InChI=1S/C35H39N7O3S/c1-2-23(20-24-21-39-26-14-7-6-13-25(24)26)32(44)41-29(19-22-11-4-3-5-12-22)33(45)40-28(16-10-18-38-35(36)37)31(43)34-42-27-15-8-9-17-30(27)46-34/h3-9,11-15,17,21,23,28-29,39H,2,10,16,18-20H2,1H3,(H,40,45)(H,41,44)(H4,36,37,38)/t23-,28+,29?/m1/s1. The first kappa shape index (κ1) is 32.4. The van der Waals surface area contributed by atoms with Gasteiger partial charge in [0.2, 0.25) is 17.6 Å². The molecule has 2 amide bonds. The molecule has 0 bridgehead atoms. The van der Waals surface area contributed by atoms with Crippen LogP contribution in [0.15, 0.2) is 85.1 Å². The molecule has 5 aromatic rings. The SMILES string of the molecule is CC[C@H](Cc1c[nH]c2ccccc12)C(=O)NC(Cc1ccccc1)C(=O)N[C@@H](CCCNC(=N)N)C(=O)c1nc2ccccc2s1. The van der Waals surface area contributed by atoms with Gasteiger partial charge in [-0.2, -0.15) is 0 Å². The summed E-state index contributed by atoms with van der Waals surface area (Å²) in [5.41, 5.74) is 9.09. The number of nitrogens with one attached hydrogen (secondary N) is 5. The van der Waals surface area contributed by atoms with Gasteiger partial charge >= 0.3 is 0 Å². The van der Waals surface area contributed by atoms with Crippen molar-refractivity contribution in [2.24, 2.45) is 11.7 Å². The molecule has 10 nitrogen and oxygen atoms in total. The highest BCUT2D eigenvalue weighted by Crippen LogP contribution is 2.24. The van der Waals surface area contributed by atoms with E-state index in [2.05, 4.69) is 25.9 Å². The van der Waals surface area contributed by atoms with Crippen LogP contribution in [0.3, 0.4) is 0 Å². The van der Waals surface area contributed by atoms with E-state index in [1.807, 2.05) is 92.0 Å². The van der Waals surface area contributed by atoms with Gasteiger partial charge in [-0.05, 0) is 55.0 Å². The third-order valence-electron chi connectivity index (χ3n) is 8.04. The number of fused-ring (bicyclic) bond motifs is 2. The molecule has 11 heteroatoms. The maximum atomic E-state index is 14.0. The molecule has 46 heavy (non-hydrogen) atoms. The molecule has 0 fully saturated rings. The van der Waals surface area contributed by atoms with Crippen LogP contribution < -0.4 is 21.7 Å². The van der Waals surface area contributed by atoms with E-state index in [1.165, 1.54) is 11.3 Å². The van der Waals surface area contributed by atoms with Crippen LogP contribution in [-0.2, 0) is 22.4 Å². The number of rotatable bonds is 15. The van der Waals surface area contributed by atoms with E-state index in [9.17, 15) is 14.4 Å². The second-order valence-electron chi connectivity index (χ2n) is 11.3. The first-order chi connectivity index (χ1) is 22.3. The normalized spacial score (nSPS) is 13.2. The minimum absolute atomic E-state index is 0.165. The molecule has 0 radical (unpaired) electrons. The van der Waals surface area contributed by atoms with Crippen LogP contribution in [0.1, 0.15) is 47.1 Å². The van der Waals surface area contributed by atoms with E-state index in [0.29, 0.717) is 42.8 Å². The number of hydrogen-bond donors (Lipinski definition) is 6. The van der Waals surface area contributed by atoms with Crippen molar-refractivity contribution in [2.45, 2.75) is 51.1 Å². The van der Waals surface area contributed by atoms with E-state index < -0.39 is 18.0 Å². The van der Waals surface area contributed by atoms with Crippen molar-refractivity contribution in [3.8, 4) is 0 Å². The van der Waals surface area contributed by atoms with Gasteiger partial charge in [0.25, 0.3) is 0 Å². The largest absolute Gasteiger partial charge is 0.370 e. The van der Waals surface area contributed by atoms with Crippen LogP contribution in [0.4, 0.5) is 0 Å². The smallest absolute Gasteiger partial charge is 0.243 e. The van der Waals surface area contributed by atoms with Gasteiger partial charge in [0.1, 0.15) is 6.04 Å². The summed E-state index contributed by atoms with van der Waals surface area (Å²) in [6.07, 6.45) is 4.08. The Hall–Kier alpha value is -5.03. The lowest BCUT2D eigenvalue weighted by atomic mass is 9.94. The van der Waals surface area contributed by atoms with Crippen molar-refractivity contribution in [3.05, 3.63) is 101 Å². The predicted octanol–water partition coefficient (Wildman–Crippen LogP) is 4.70. The fourth-order valence-corrected chi connectivity index (χ4v) is 6.49. The number of nitrogens with two attached hydrogens (primary N) is 1. The van der Waals surface area contributed by atoms with Crippen molar-refractivity contribution >= 4 is 56.0 Å². The zero-order valence-electron chi connectivity index (χ0n) is 25.7. The molecular weight excluding hydrogens is 598 g/mol. The maximum absolute atomic E-state index is 14.0. The van der Waals surface area contributed by atoms with Crippen molar-refractivity contribution in [2.75, 3.05) is 6.54 Å². The lowest BCUT2D eigenvalue weighted by Gasteiger charge is -2.24. The summed E-state index contributed by atoms with van der Waals surface area (Å²) in [6.45, 7) is 2.33. The summed E-state index contributed by atoms with van der Waals surface area (Å²) in [5, 5.41) is 17.5. The van der Waals surface area contributed by atoms with E-state index in [4.69, 9.17) is 11.1 Å². The molecule has 0 saturated carbocycles. The monoisotopic (exact) mass is 637 g/mol. The average Bonchev–Trinajstić information content (AvgIpc) is 3.69. The number of hydrogen-bond acceptors (Lipinski definition) is 6. The Morgan fingerprint density at radius 1 is 0.913 bits per heavy atom. The lowest BCUT2D eigenvalue weighted by Crippen LogP contribution is -2.53. The van der Waals surface area contributed by atoms with Gasteiger partial charge in [0.15, 0.2) is 11.0 Å². The molecule has 0 aliphatic carbocycles. The van der Waals surface area contributed by atoms with Crippen molar-refractivity contribution in [1.82, 2.24) is 25.9 Å². The lowest BCUT2D eigenvalue weighted by molar-refractivity contribution is -0.131. The number of carbonyl (C=O) groups excluding carboxylic acids is 3. The number of thiazole rings is 1. The molecule has 5 rings (SSSR count). The van der Waals surface area contributed by atoms with Gasteiger partial charge in [-0.15, -0.1) is 11.3 Å². The fourth-order valence-electron chi connectivity index (χ4n) is 5.53. The van der Waals surface area contributed by atoms with Crippen molar-refractivity contribution in [1.29, 1.82) is 5.41 Å². The second-order valence-corrected chi connectivity index (χ2v) is 12.3. The number of para-hydroxylation sites is 2. The molecule has 2 heterocycles. The summed E-state index contributed by atoms with van der Waals surface area (Å²) in [7, 11) is 0. The highest BCUT2D eigenvalue weighted by Gasteiger charge is 2.30. The highest BCUT2D eigenvalue weighted by molar-refractivity contribution is 7.20. The number of guanidine groups is 1. The maximum Gasteiger partial charge on any atom is 0.243 e. The molecular formula is C35H39N7O3S. The summed E-state index contributed by atoms with van der Waals surface area (Å²) in [4.78, 5) is 49.3. The molecule has 3 atom stereocenters. The van der Waals surface area contributed by atoms with Crippen LogP contribution in [0.25, 0.3) is 21.1 Å². The number of aromatic amines is 1. The summed E-state index contributed by atoms with van der Waals surface area (Å²) >= 11 is 1.28. The molecule has 1 unspecified atom stereocenters. The van der Waals surface area contributed by atoms with Gasteiger partial charge in [-0.1, -0.05) is 67.6 Å². The molecule has 0 saturated heterocycles. The Morgan fingerprint density at radius 3 is 2.39 bits per heavy atom. The third kappa shape index (κ3) is 8.16.